The Labute approximate surface area is 113 Å². The van der Waals surface area contributed by atoms with Gasteiger partial charge in [0, 0.05) is 6.42 Å². The van der Waals surface area contributed by atoms with Crippen LogP contribution in [-0.2, 0) is 9.53 Å². The maximum Gasteiger partial charge on any atom is 0.429 e. The molecule has 5 heteroatoms. The van der Waals surface area contributed by atoms with Crippen molar-refractivity contribution < 1.29 is 22.7 Å². The van der Waals surface area contributed by atoms with Crippen LogP contribution < -0.4 is 0 Å². The molecule has 0 atom stereocenters. The summed E-state index contributed by atoms with van der Waals surface area (Å²) in [5.74, 6) is -1.02. The predicted octanol–water partition coefficient (Wildman–Crippen LogP) is 5.01. The molecule has 0 aromatic heterocycles. The minimum atomic E-state index is -3.96. The van der Waals surface area contributed by atoms with Crippen LogP contribution in [0, 0.1) is 0 Å². The molecule has 0 rings (SSSR count). The molecule has 0 aromatic rings. The first-order chi connectivity index (χ1) is 9.02. The molecule has 0 spiro atoms. The highest BCUT2D eigenvalue weighted by molar-refractivity contribution is 5.69. The minimum absolute atomic E-state index is 0.0641. The van der Waals surface area contributed by atoms with Crippen molar-refractivity contribution >= 4 is 5.97 Å². The Morgan fingerprint density at radius 2 is 1.42 bits per heavy atom. The highest BCUT2D eigenvalue weighted by Crippen LogP contribution is 2.17. The van der Waals surface area contributed by atoms with Gasteiger partial charge in [0.2, 0.25) is 0 Å². The van der Waals surface area contributed by atoms with Gasteiger partial charge in [0.25, 0.3) is 0 Å². The Hall–Kier alpha value is -0.740. The van der Waals surface area contributed by atoms with Gasteiger partial charge in [-0.1, -0.05) is 58.3 Å². The van der Waals surface area contributed by atoms with E-state index in [1.54, 1.807) is 0 Å². The molecule has 0 fully saturated rings. The molecular formula is C14H25F3O2. The fraction of sp³-hybridized carbons (Fsp3) is 0.929. The molecule has 2 nitrogen and oxygen atoms in total. The summed E-state index contributed by atoms with van der Waals surface area (Å²) in [5.41, 5.74) is 0. The van der Waals surface area contributed by atoms with E-state index in [0.717, 1.165) is 19.3 Å². The highest BCUT2D eigenvalue weighted by atomic mass is 19.3. The van der Waals surface area contributed by atoms with E-state index < -0.39 is 18.8 Å². The lowest BCUT2D eigenvalue weighted by Gasteiger charge is -2.12. The van der Waals surface area contributed by atoms with Gasteiger partial charge in [-0.3, -0.25) is 4.79 Å². The molecule has 0 aromatic carbocycles. The van der Waals surface area contributed by atoms with Gasteiger partial charge < -0.3 is 4.74 Å². The van der Waals surface area contributed by atoms with Crippen LogP contribution in [0.5, 0.6) is 0 Å². The Bertz CT molecular complexity index is 233. The van der Waals surface area contributed by atoms with E-state index in [1.165, 1.54) is 32.1 Å². The van der Waals surface area contributed by atoms with Crippen LogP contribution in [0.1, 0.15) is 71.1 Å². The second kappa shape index (κ2) is 11.1. The molecule has 0 heterocycles. The van der Waals surface area contributed by atoms with Gasteiger partial charge in [-0.05, 0) is 6.42 Å². The maximum atomic E-state index is 12.4. The number of unbranched alkanes of at least 4 members (excludes halogenated alkanes) is 8. The number of carbonyl (C=O) groups excluding carboxylic acids is 1. The van der Waals surface area contributed by atoms with Crippen molar-refractivity contribution in [1.82, 2.24) is 0 Å². The van der Waals surface area contributed by atoms with E-state index in [-0.39, 0.29) is 6.42 Å². The van der Waals surface area contributed by atoms with Gasteiger partial charge in [0.15, 0.2) is 6.67 Å². The van der Waals surface area contributed by atoms with Crippen LogP contribution in [0.15, 0.2) is 0 Å². The van der Waals surface area contributed by atoms with E-state index >= 15 is 0 Å². The Balaban J connectivity index is 3.32. The van der Waals surface area contributed by atoms with Crippen LogP contribution in [0.2, 0.25) is 0 Å². The molecule has 0 N–H and O–H groups in total. The maximum absolute atomic E-state index is 12.4. The molecule has 114 valence electrons. The molecule has 0 saturated heterocycles. The summed E-state index contributed by atoms with van der Waals surface area (Å²) in [6.07, 6.45) is 5.62. The number of halogens is 3. The van der Waals surface area contributed by atoms with Crippen LogP contribution >= 0.6 is 0 Å². The van der Waals surface area contributed by atoms with Crippen molar-refractivity contribution in [2.45, 2.75) is 77.2 Å². The monoisotopic (exact) mass is 282 g/mol. The first-order valence-electron chi connectivity index (χ1n) is 7.17. The lowest BCUT2D eigenvalue weighted by atomic mass is 10.1. The van der Waals surface area contributed by atoms with Crippen molar-refractivity contribution in [2.24, 2.45) is 0 Å². The molecule has 0 radical (unpaired) electrons. The van der Waals surface area contributed by atoms with Gasteiger partial charge >= 0.3 is 12.1 Å². The third kappa shape index (κ3) is 12.1. The van der Waals surface area contributed by atoms with Gasteiger partial charge in [0.1, 0.15) is 0 Å². The normalized spacial score (nSPS) is 11.6. The van der Waals surface area contributed by atoms with Crippen molar-refractivity contribution in [3.05, 3.63) is 0 Å². The number of carbonyl (C=O) groups is 1. The molecule has 0 unspecified atom stereocenters. The summed E-state index contributed by atoms with van der Waals surface area (Å²) >= 11 is 0. The Morgan fingerprint density at radius 1 is 0.947 bits per heavy atom. The van der Waals surface area contributed by atoms with Crippen LogP contribution in [-0.4, -0.2) is 18.8 Å². The van der Waals surface area contributed by atoms with E-state index in [4.69, 9.17) is 0 Å². The SMILES string of the molecule is CCCCCCCCCCCC(=O)OC(F)(F)CF. The summed E-state index contributed by atoms with van der Waals surface area (Å²) in [4.78, 5) is 11.0. The number of hydrogen-bond donors (Lipinski definition) is 0. The lowest BCUT2D eigenvalue weighted by Crippen LogP contribution is -2.27. The standard InChI is InChI=1S/C14H25F3O2/c1-2-3-4-5-6-7-8-9-10-11-13(18)19-14(16,17)12-15/h2-12H2,1H3. The molecule has 19 heavy (non-hydrogen) atoms. The lowest BCUT2D eigenvalue weighted by molar-refractivity contribution is -0.238. The molecule has 0 amide bonds. The van der Waals surface area contributed by atoms with E-state index in [9.17, 15) is 18.0 Å². The van der Waals surface area contributed by atoms with Crippen LogP contribution in [0.25, 0.3) is 0 Å². The first-order valence-corrected chi connectivity index (χ1v) is 7.17. The fourth-order valence-electron chi connectivity index (χ4n) is 1.82. The van der Waals surface area contributed by atoms with E-state index in [0.29, 0.717) is 6.42 Å². The van der Waals surface area contributed by atoms with Gasteiger partial charge in [0.05, 0.1) is 0 Å². The topological polar surface area (TPSA) is 26.3 Å². The molecule has 0 saturated carbocycles. The average Bonchev–Trinajstić information content (AvgIpc) is 2.36. The summed E-state index contributed by atoms with van der Waals surface area (Å²) in [6.45, 7) is 0.210. The third-order valence-corrected chi connectivity index (χ3v) is 2.90. The number of hydrogen-bond acceptors (Lipinski definition) is 2. The van der Waals surface area contributed by atoms with Gasteiger partial charge in [-0.15, -0.1) is 0 Å². The van der Waals surface area contributed by atoms with Crippen molar-refractivity contribution in [1.29, 1.82) is 0 Å². The number of rotatable bonds is 12. The highest BCUT2D eigenvalue weighted by Gasteiger charge is 2.33. The second-order valence-electron chi connectivity index (χ2n) is 4.82. The zero-order valence-corrected chi connectivity index (χ0v) is 11.7. The molecular weight excluding hydrogens is 257 g/mol. The quantitative estimate of drug-likeness (QED) is 0.371. The summed E-state index contributed by atoms with van der Waals surface area (Å²) < 4.78 is 40.2. The molecule has 0 aliphatic carbocycles. The average molecular weight is 282 g/mol. The minimum Gasteiger partial charge on any atom is -0.399 e. The fourth-order valence-corrected chi connectivity index (χ4v) is 1.82. The molecule has 0 aliphatic heterocycles. The summed E-state index contributed by atoms with van der Waals surface area (Å²) in [5, 5.41) is 0. The summed E-state index contributed by atoms with van der Waals surface area (Å²) in [7, 11) is 0. The number of esters is 1. The van der Waals surface area contributed by atoms with Crippen LogP contribution in [0.3, 0.4) is 0 Å². The number of alkyl halides is 3. The predicted molar refractivity (Wildman–Crippen MR) is 68.9 cm³/mol. The smallest absolute Gasteiger partial charge is 0.399 e. The zero-order valence-electron chi connectivity index (χ0n) is 11.7. The number of ether oxygens (including phenoxy) is 1. The molecule has 0 aliphatic rings. The van der Waals surface area contributed by atoms with Crippen LogP contribution in [0.4, 0.5) is 13.2 Å². The van der Waals surface area contributed by atoms with Gasteiger partial charge in [-0.2, -0.15) is 8.78 Å². The second-order valence-corrected chi connectivity index (χ2v) is 4.82. The van der Waals surface area contributed by atoms with E-state index in [2.05, 4.69) is 11.7 Å². The van der Waals surface area contributed by atoms with Crippen molar-refractivity contribution in [3.8, 4) is 0 Å². The summed E-state index contributed by atoms with van der Waals surface area (Å²) in [6, 6.07) is 0. The molecule has 0 bridgehead atoms. The van der Waals surface area contributed by atoms with E-state index in [1.807, 2.05) is 0 Å². The van der Waals surface area contributed by atoms with Gasteiger partial charge in [-0.25, -0.2) is 4.39 Å². The Morgan fingerprint density at radius 3 is 1.89 bits per heavy atom. The zero-order chi connectivity index (χ0) is 14.6. The van der Waals surface area contributed by atoms with Crippen molar-refractivity contribution in [2.75, 3.05) is 6.67 Å². The third-order valence-electron chi connectivity index (χ3n) is 2.90. The van der Waals surface area contributed by atoms with Crippen molar-refractivity contribution in [3.63, 3.8) is 0 Å². The first kappa shape index (κ1) is 18.3. The Kier molecular flexibility index (Phi) is 10.7. The largest absolute Gasteiger partial charge is 0.429 e.